The number of ether oxygens (including phenoxy) is 1. The molecule has 0 saturated heterocycles. The normalized spacial score (nSPS) is 12.0. The van der Waals surface area contributed by atoms with E-state index in [0.29, 0.717) is 12.2 Å². The van der Waals surface area contributed by atoms with E-state index in [2.05, 4.69) is 34.2 Å². The van der Waals surface area contributed by atoms with Crippen molar-refractivity contribution in [1.29, 1.82) is 0 Å². The van der Waals surface area contributed by atoms with Crippen LogP contribution in [0.3, 0.4) is 0 Å². The summed E-state index contributed by atoms with van der Waals surface area (Å²) in [4.78, 5) is 11.6. The Kier molecular flexibility index (Phi) is 6.16. The lowest BCUT2D eigenvalue weighted by atomic mass is 10.1. The van der Waals surface area contributed by atoms with Crippen LogP contribution in [0, 0.1) is 0 Å². The quantitative estimate of drug-likeness (QED) is 0.771. The van der Waals surface area contributed by atoms with E-state index in [9.17, 15) is 4.79 Å². The maximum absolute atomic E-state index is 11.6. The number of halogens is 1. The highest BCUT2D eigenvalue weighted by Gasteiger charge is 2.09. The molecule has 2 aromatic rings. The van der Waals surface area contributed by atoms with Crippen LogP contribution >= 0.6 is 15.9 Å². The molecule has 0 unspecified atom stereocenters. The molecule has 2 aromatic carbocycles. The van der Waals surface area contributed by atoms with Crippen LogP contribution in [0.15, 0.2) is 53.0 Å². The zero-order valence-electron chi connectivity index (χ0n) is 12.8. The summed E-state index contributed by atoms with van der Waals surface area (Å²) in [6.07, 6.45) is 0. The van der Waals surface area contributed by atoms with Gasteiger partial charge in [0, 0.05) is 17.1 Å². The van der Waals surface area contributed by atoms with E-state index in [4.69, 9.17) is 4.74 Å². The van der Waals surface area contributed by atoms with E-state index in [0.717, 1.165) is 16.6 Å². The molecule has 0 heterocycles. The molecule has 0 aromatic heterocycles. The number of hydrogen-bond donors (Lipinski definition) is 1. The molecule has 0 fully saturated rings. The predicted octanol–water partition coefficient (Wildman–Crippen LogP) is 4.48. The molecule has 4 heteroatoms. The lowest BCUT2D eigenvalue weighted by molar-refractivity contribution is 0.0526. The minimum absolute atomic E-state index is 0.198. The van der Waals surface area contributed by atoms with Gasteiger partial charge in [-0.1, -0.05) is 46.3 Å². The van der Waals surface area contributed by atoms with Crippen LogP contribution in [0.4, 0.5) is 0 Å². The molecule has 0 aliphatic rings. The van der Waals surface area contributed by atoms with Gasteiger partial charge in [0.2, 0.25) is 0 Å². The summed E-state index contributed by atoms with van der Waals surface area (Å²) in [5.74, 6) is -0.275. The van der Waals surface area contributed by atoms with Crippen molar-refractivity contribution in [3.05, 3.63) is 69.7 Å². The maximum atomic E-state index is 11.6. The van der Waals surface area contributed by atoms with Crippen LogP contribution in [-0.4, -0.2) is 12.6 Å². The molecule has 0 amide bonds. The van der Waals surface area contributed by atoms with Crippen molar-refractivity contribution in [3.63, 3.8) is 0 Å². The summed E-state index contributed by atoms with van der Waals surface area (Å²) >= 11 is 3.55. The van der Waals surface area contributed by atoms with Crippen LogP contribution in [0.5, 0.6) is 0 Å². The van der Waals surface area contributed by atoms with Gasteiger partial charge >= 0.3 is 5.97 Å². The van der Waals surface area contributed by atoms with Crippen LogP contribution < -0.4 is 5.32 Å². The molecule has 0 saturated carbocycles. The zero-order valence-corrected chi connectivity index (χ0v) is 14.4. The number of benzene rings is 2. The molecule has 1 atom stereocenters. The van der Waals surface area contributed by atoms with Crippen LogP contribution in [-0.2, 0) is 11.3 Å². The largest absolute Gasteiger partial charge is 0.462 e. The summed E-state index contributed by atoms with van der Waals surface area (Å²) in [7, 11) is 0. The molecule has 1 N–H and O–H groups in total. The first kappa shape index (κ1) is 16.7. The molecule has 0 aliphatic heterocycles. The number of carbonyl (C=O) groups is 1. The first-order chi connectivity index (χ1) is 10.6. The SMILES string of the molecule is CCOC(=O)c1ccc([C@H](C)NCc2ccccc2Br)cc1. The van der Waals surface area contributed by atoms with E-state index in [-0.39, 0.29) is 12.0 Å². The van der Waals surface area contributed by atoms with Gasteiger partial charge in [0.05, 0.1) is 12.2 Å². The first-order valence-corrected chi connectivity index (χ1v) is 8.15. The zero-order chi connectivity index (χ0) is 15.9. The number of esters is 1. The minimum Gasteiger partial charge on any atom is -0.462 e. The second-order valence-corrected chi connectivity index (χ2v) is 5.89. The molecule has 0 bridgehead atoms. The Labute approximate surface area is 139 Å². The Hall–Kier alpha value is -1.65. The van der Waals surface area contributed by atoms with Gasteiger partial charge in [0.15, 0.2) is 0 Å². The Balaban J connectivity index is 1.96. The Morgan fingerprint density at radius 1 is 1.18 bits per heavy atom. The fourth-order valence-corrected chi connectivity index (χ4v) is 2.57. The summed E-state index contributed by atoms with van der Waals surface area (Å²) in [5, 5.41) is 3.48. The molecular formula is C18H20BrNO2. The van der Waals surface area contributed by atoms with Crippen molar-refractivity contribution >= 4 is 21.9 Å². The molecule has 0 aliphatic carbocycles. The minimum atomic E-state index is -0.275. The average Bonchev–Trinajstić information content (AvgIpc) is 2.54. The molecular weight excluding hydrogens is 342 g/mol. The van der Waals surface area contributed by atoms with Gasteiger partial charge in [-0.15, -0.1) is 0 Å². The highest BCUT2D eigenvalue weighted by molar-refractivity contribution is 9.10. The predicted molar refractivity (Wildman–Crippen MR) is 91.8 cm³/mol. The van der Waals surface area contributed by atoms with Crippen LogP contribution in [0.1, 0.15) is 41.4 Å². The Morgan fingerprint density at radius 2 is 1.86 bits per heavy atom. The molecule has 0 radical (unpaired) electrons. The van der Waals surface area contributed by atoms with Gasteiger partial charge in [0.25, 0.3) is 0 Å². The van der Waals surface area contributed by atoms with Crippen LogP contribution in [0.2, 0.25) is 0 Å². The second kappa shape index (κ2) is 8.11. The summed E-state index contributed by atoms with van der Waals surface area (Å²) in [6, 6.07) is 15.9. The third-order valence-corrected chi connectivity index (χ3v) is 4.25. The Bertz CT molecular complexity index is 625. The fourth-order valence-electron chi connectivity index (χ4n) is 2.14. The van der Waals surface area contributed by atoms with Crippen molar-refractivity contribution in [1.82, 2.24) is 5.32 Å². The fraction of sp³-hybridized carbons (Fsp3) is 0.278. The highest BCUT2D eigenvalue weighted by atomic mass is 79.9. The third kappa shape index (κ3) is 4.42. The van der Waals surface area contributed by atoms with Gasteiger partial charge in [0.1, 0.15) is 0 Å². The number of nitrogens with one attached hydrogen (secondary N) is 1. The summed E-state index contributed by atoms with van der Waals surface area (Å²) in [5.41, 5.74) is 2.95. The van der Waals surface area contributed by atoms with E-state index >= 15 is 0 Å². The summed E-state index contributed by atoms with van der Waals surface area (Å²) in [6.45, 7) is 5.09. The molecule has 2 rings (SSSR count). The highest BCUT2D eigenvalue weighted by Crippen LogP contribution is 2.18. The maximum Gasteiger partial charge on any atom is 0.338 e. The second-order valence-electron chi connectivity index (χ2n) is 5.04. The lowest BCUT2D eigenvalue weighted by Crippen LogP contribution is -2.18. The van der Waals surface area contributed by atoms with Crippen molar-refractivity contribution in [3.8, 4) is 0 Å². The lowest BCUT2D eigenvalue weighted by Gasteiger charge is -2.15. The van der Waals surface area contributed by atoms with E-state index in [1.54, 1.807) is 6.92 Å². The van der Waals surface area contributed by atoms with Crippen molar-refractivity contribution in [2.24, 2.45) is 0 Å². The smallest absolute Gasteiger partial charge is 0.338 e. The van der Waals surface area contributed by atoms with Crippen molar-refractivity contribution in [2.45, 2.75) is 26.4 Å². The molecule has 0 spiro atoms. The van der Waals surface area contributed by atoms with Gasteiger partial charge in [-0.3, -0.25) is 0 Å². The number of hydrogen-bond acceptors (Lipinski definition) is 3. The summed E-state index contributed by atoms with van der Waals surface area (Å²) < 4.78 is 6.09. The molecule has 116 valence electrons. The van der Waals surface area contributed by atoms with Gasteiger partial charge in [-0.2, -0.15) is 0 Å². The average molecular weight is 362 g/mol. The van der Waals surface area contributed by atoms with Crippen molar-refractivity contribution < 1.29 is 9.53 Å². The molecule has 22 heavy (non-hydrogen) atoms. The third-order valence-electron chi connectivity index (χ3n) is 3.48. The topological polar surface area (TPSA) is 38.3 Å². The Morgan fingerprint density at radius 3 is 2.50 bits per heavy atom. The number of rotatable bonds is 6. The van der Waals surface area contributed by atoms with Crippen molar-refractivity contribution in [2.75, 3.05) is 6.61 Å². The van der Waals surface area contributed by atoms with E-state index in [1.807, 2.05) is 42.5 Å². The van der Waals surface area contributed by atoms with Gasteiger partial charge in [-0.25, -0.2) is 4.79 Å². The van der Waals surface area contributed by atoms with Gasteiger partial charge in [-0.05, 0) is 43.2 Å². The number of carbonyl (C=O) groups excluding carboxylic acids is 1. The molecule has 3 nitrogen and oxygen atoms in total. The first-order valence-electron chi connectivity index (χ1n) is 7.35. The van der Waals surface area contributed by atoms with E-state index < -0.39 is 0 Å². The standard InChI is InChI=1S/C18H20BrNO2/c1-3-22-18(21)15-10-8-14(9-11-15)13(2)20-12-16-6-4-5-7-17(16)19/h4-11,13,20H,3,12H2,1-2H3/t13-/m0/s1. The monoisotopic (exact) mass is 361 g/mol. The van der Waals surface area contributed by atoms with Crippen LogP contribution in [0.25, 0.3) is 0 Å². The van der Waals surface area contributed by atoms with Gasteiger partial charge < -0.3 is 10.1 Å². The van der Waals surface area contributed by atoms with E-state index in [1.165, 1.54) is 5.56 Å².